The maximum absolute atomic E-state index is 12.7. The monoisotopic (exact) mass is 427 g/mol. The molecule has 1 aliphatic carbocycles. The maximum Gasteiger partial charge on any atom is 0.387 e. The summed E-state index contributed by atoms with van der Waals surface area (Å²) >= 11 is 0. The minimum atomic E-state index is -2.85. The van der Waals surface area contributed by atoms with Crippen LogP contribution in [0.1, 0.15) is 59.4 Å². The van der Waals surface area contributed by atoms with Gasteiger partial charge >= 0.3 is 6.61 Å². The average molecular weight is 428 g/mol. The van der Waals surface area contributed by atoms with E-state index in [-0.39, 0.29) is 36.1 Å². The molecule has 1 atom stereocenters. The number of carbonyl (C=O) groups excluding carboxylic acids is 1. The van der Waals surface area contributed by atoms with E-state index in [0.717, 1.165) is 56.3 Å². The second-order valence-electron chi connectivity index (χ2n) is 7.22. The number of aromatic nitrogens is 3. The molecule has 2 N–H and O–H groups in total. The molecule has 1 amide bonds. The zero-order valence-electron chi connectivity index (χ0n) is 15.8. The van der Waals surface area contributed by atoms with E-state index in [1.54, 1.807) is 23.0 Å². The van der Waals surface area contributed by atoms with E-state index in [0.29, 0.717) is 5.69 Å². The predicted octanol–water partition coefficient (Wildman–Crippen LogP) is 3.03. The molecule has 2 aromatic rings. The molecule has 2 aliphatic rings. The van der Waals surface area contributed by atoms with Gasteiger partial charge in [0.15, 0.2) is 5.69 Å². The van der Waals surface area contributed by atoms with Gasteiger partial charge in [0.1, 0.15) is 5.75 Å². The van der Waals surface area contributed by atoms with Gasteiger partial charge in [0, 0.05) is 0 Å². The molecule has 29 heavy (non-hydrogen) atoms. The van der Waals surface area contributed by atoms with Crippen LogP contribution in [0, 0.1) is 0 Å². The van der Waals surface area contributed by atoms with Crippen LogP contribution in [0.2, 0.25) is 0 Å². The number of benzene rings is 1. The van der Waals surface area contributed by atoms with Crippen molar-refractivity contribution in [3.63, 3.8) is 0 Å². The number of piperidine rings is 1. The van der Waals surface area contributed by atoms with E-state index in [1.807, 2.05) is 0 Å². The number of hydrogen-bond acceptors (Lipinski definition) is 5. The third kappa shape index (κ3) is 5.02. The van der Waals surface area contributed by atoms with Crippen molar-refractivity contribution in [1.82, 2.24) is 25.6 Å². The zero-order valence-corrected chi connectivity index (χ0v) is 16.6. The van der Waals surface area contributed by atoms with Crippen LogP contribution in [-0.4, -0.2) is 40.6 Å². The fourth-order valence-electron chi connectivity index (χ4n) is 3.98. The Kier molecular flexibility index (Phi) is 7.02. The summed E-state index contributed by atoms with van der Waals surface area (Å²) in [7, 11) is 0. The highest BCUT2D eigenvalue weighted by atomic mass is 35.5. The first kappa shape index (κ1) is 21.4. The molecule has 10 heteroatoms. The number of rotatable bonds is 5. The minimum Gasteiger partial charge on any atom is -0.435 e. The number of fused-ring (bicyclic) bond motifs is 1. The molecule has 1 aromatic heterocycles. The lowest BCUT2D eigenvalue weighted by atomic mass is 9.87. The molecule has 1 saturated heterocycles. The molecule has 2 heterocycles. The maximum atomic E-state index is 12.7. The first-order chi connectivity index (χ1) is 13.6. The SMILES string of the molecule is Cl.O=C(NC1CCCc2cc(OC(F)F)ccc21)c1cn(C2CCNCC2)nn1. The Hall–Kier alpha value is -2.26. The van der Waals surface area contributed by atoms with Crippen LogP contribution in [0.25, 0.3) is 0 Å². The Bertz CT molecular complexity index is 842. The van der Waals surface area contributed by atoms with Gasteiger partial charge in [-0.25, -0.2) is 4.68 Å². The van der Waals surface area contributed by atoms with Gasteiger partial charge in [-0.1, -0.05) is 11.3 Å². The standard InChI is InChI=1S/C19H23F2N5O2.ClH/c20-19(21)28-14-4-5-15-12(10-14)2-1-3-16(15)23-18(27)17-11-26(25-24-17)13-6-8-22-9-7-13;/h4-5,10-11,13,16,19,22H,1-3,6-9H2,(H,23,27);1H. The summed E-state index contributed by atoms with van der Waals surface area (Å²) in [6.07, 6.45) is 6.05. The van der Waals surface area contributed by atoms with Crippen LogP contribution >= 0.6 is 12.4 Å². The van der Waals surface area contributed by atoms with Crippen molar-refractivity contribution in [1.29, 1.82) is 0 Å². The Balaban J connectivity index is 0.00000240. The van der Waals surface area contributed by atoms with Crippen molar-refractivity contribution in [3.8, 4) is 5.75 Å². The van der Waals surface area contributed by atoms with Gasteiger partial charge in [0.2, 0.25) is 0 Å². The molecule has 1 aliphatic heterocycles. The zero-order chi connectivity index (χ0) is 19.5. The van der Waals surface area contributed by atoms with E-state index in [1.165, 1.54) is 6.07 Å². The molecule has 158 valence electrons. The van der Waals surface area contributed by atoms with Crippen LogP contribution in [0.4, 0.5) is 8.78 Å². The first-order valence-electron chi connectivity index (χ1n) is 9.61. The van der Waals surface area contributed by atoms with Crippen molar-refractivity contribution in [2.45, 2.75) is 50.8 Å². The number of alkyl halides is 2. The van der Waals surface area contributed by atoms with Crippen LogP contribution < -0.4 is 15.4 Å². The first-order valence-corrected chi connectivity index (χ1v) is 9.61. The normalized spacial score (nSPS) is 19.3. The molecule has 0 saturated carbocycles. The van der Waals surface area contributed by atoms with Crippen LogP contribution in [0.15, 0.2) is 24.4 Å². The molecular formula is C19H24ClF2N5O2. The summed E-state index contributed by atoms with van der Waals surface area (Å²) in [5.74, 6) is -0.128. The highest BCUT2D eigenvalue weighted by Crippen LogP contribution is 2.32. The van der Waals surface area contributed by atoms with E-state index in [4.69, 9.17) is 0 Å². The average Bonchev–Trinajstić information content (AvgIpc) is 3.19. The lowest BCUT2D eigenvalue weighted by Crippen LogP contribution is -2.31. The number of aryl methyl sites for hydroxylation is 1. The van der Waals surface area contributed by atoms with E-state index >= 15 is 0 Å². The highest BCUT2D eigenvalue weighted by molar-refractivity contribution is 5.92. The molecule has 0 bridgehead atoms. The fourth-order valence-corrected chi connectivity index (χ4v) is 3.98. The third-order valence-corrected chi connectivity index (χ3v) is 5.38. The fraction of sp³-hybridized carbons (Fsp3) is 0.526. The van der Waals surface area contributed by atoms with Crippen molar-refractivity contribution >= 4 is 18.3 Å². The van der Waals surface area contributed by atoms with Gasteiger partial charge < -0.3 is 15.4 Å². The van der Waals surface area contributed by atoms with Crippen molar-refractivity contribution < 1.29 is 18.3 Å². The third-order valence-electron chi connectivity index (χ3n) is 5.38. The van der Waals surface area contributed by atoms with Crippen molar-refractivity contribution in [2.75, 3.05) is 13.1 Å². The number of amides is 1. The molecule has 0 radical (unpaired) electrons. The van der Waals surface area contributed by atoms with Crippen LogP contribution in [0.5, 0.6) is 5.75 Å². The Morgan fingerprint density at radius 3 is 2.83 bits per heavy atom. The molecule has 1 aromatic carbocycles. The lowest BCUT2D eigenvalue weighted by molar-refractivity contribution is -0.0499. The number of nitrogens with zero attached hydrogens (tertiary/aromatic N) is 3. The summed E-state index contributed by atoms with van der Waals surface area (Å²) in [5.41, 5.74) is 2.16. The number of hydrogen-bond donors (Lipinski definition) is 2. The highest BCUT2D eigenvalue weighted by Gasteiger charge is 2.25. The number of nitrogens with one attached hydrogen (secondary N) is 2. The Morgan fingerprint density at radius 2 is 2.07 bits per heavy atom. The molecule has 1 fully saturated rings. The Morgan fingerprint density at radius 1 is 1.28 bits per heavy atom. The van der Waals surface area contributed by atoms with E-state index in [2.05, 4.69) is 25.7 Å². The largest absolute Gasteiger partial charge is 0.435 e. The number of ether oxygens (including phenoxy) is 1. The smallest absolute Gasteiger partial charge is 0.387 e. The summed E-state index contributed by atoms with van der Waals surface area (Å²) in [5, 5.41) is 14.5. The molecular weight excluding hydrogens is 404 g/mol. The topological polar surface area (TPSA) is 81.1 Å². The van der Waals surface area contributed by atoms with Crippen molar-refractivity contribution in [2.24, 2.45) is 0 Å². The summed E-state index contributed by atoms with van der Waals surface area (Å²) in [4.78, 5) is 12.7. The minimum absolute atomic E-state index is 0. The molecule has 4 rings (SSSR count). The van der Waals surface area contributed by atoms with Gasteiger partial charge in [-0.15, -0.1) is 17.5 Å². The molecule has 7 nitrogen and oxygen atoms in total. The molecule has 1 unspecified atom stereocenters. The second-order valence-corrected chi connectivity index (χ2v) is 7.22. The van der Waals surface area contributed by atoms with Gasteiger partial charge in [-0.2, -0.15) is 8.78 Å². The number of carbonyl (C=O) groups is 1. The summed E-state index contributed by atoms with van der Waals surface area (Å²) < 4.78 is 31.1. The van der Waals surface area contributed by atoms with Gasteiger partial charge in [0.25, 0.3) is 5.91 Å². The van der Waals surface area contributed by atoms with Crippen molar-refractivity contribution in [3.05, 3.63) is 41.2 Å². The van der Waals surface area contributed by atoms with Gasteiger partial charge in [0.05, 0.1) is 18.3 Å². The molecule has 0 spiro atoms. The number of halogens is 3. The van der Waals surface area contributed by atoms with E-state index in [9.17, 15) is 13.6 Å². The summed E-state index contributed by atoms with van der Waals surface area (Å²) in [6, 6.07) is 4.99. The second kappa shape index (κ2) is 9.49. The quantitative estimate of drug-likeness (QED) is 0.766. The van der Waals surface area contributed by atoms with Crippen LogP contribution in [-0.2, 0) is 6.42 Å². The lowest BCUT2D eigenvalue weighted by Gasteiger charge is -2.26. The van der Waals surface area contributed by atoms with Gasteiger partial charge in [-0.05, 0) is 68.5 Å². The predicted molar refractivity (Wildman–Crippen MR) is 105 cm³/mol. The summed E-state index contributed by atoms with van der Waals surface area (Å²) in [6.45, 7) is -0.982. The Labute approximate surface area is 173 Å². The van der Waals surface area contributed by atoms with Gasteiger partial charge in [-0.3, -0.25) is 4.79 Å². The van der Waals surface area contributed by atoms with E-state index < -0.39 is 6.61 Å². The van der Waals surface area contributed by atoms with Crippen LogP contribution in [0.3, 0.4) is 0 Å².